The molecule has 1 unspecified atom stereocenters. The molecule has 1 fully saturated rings. The largest absolute Gasteiger partial charge is 0.327 e. The van der Waals surface area contributed by atoms with Crippen LogP contribution in [0.1, 0.15) is 51.5 Å². The van der Waals surface area contributed by atoms with Gasteiger partial charge < -0.3 is 5.73 Å². The lowest BCUT2D eigenvalue weighted by Gasteiger charge is -2.37. The summed E-state index contributed by atoms with van der Waals surface area (Å²) in [4.78, 5) is 0. The molecule has 19 heavy (non-hydrogen) atoms. The van der Waals surface area contributed by atoms with Gasteiger partial charge in [0.25, 0.3) is 0 Å². The van der Waals surface area contributed by atoms with Crippen LogP contribution in [-0.2, 0) is 6.42 Å². The van der Waals surface area contributed by atoms with Gasteiger partial charge in [-0.15, -0.1) is 0 Å². The first-order valence-electron chi connectivity index (χ1n) is 7.52. The molecule has 0 spiro atoms. The second kappa shape index (κ2) is 6.04. The van der Waals surface area contributed by atoms with Crippen molar-refractivity contribution in [2.24, 2.45) is 17.1 Å². The van der Waals surface area contributed by atoms with Crippen molar-refractivity contribution in [3.05, 3.63) is 35.6 Å². The van der Waals surface area contributed by atoms with Gasteiger partial charge in [0.05, 0.1) is 0 Å². The zero-order valence-corrected chi connectivity index (χ0v) is 12.2. The van der Waals surface area contributed by atoms with E-state index in [1.54, 1.807) is 6.07 Å². The third kappa shape index (κ3) is 3.36. The monoisotopic (exact) mass is 263 g/mol. The summed E-state index contributed by atoms with van der Waals surface area (Å²) in [5.41, 5.74) is 7.50. The van der Waals surface area contributed by atoms with Crippen LogP contribution in [0.5, 0.6) is 0 Å². The zero-order chi connectivity index (χ0) is 13.9. The predicted molar refractivity (Wildman–Crippen MR) is 78.4 cm³/mol. The lowest BCUT2D eigenvalue weighted by Crippen LogP contribution is -2.42. The van der Waals surface area contributed by atoms with E-state index in [1.165, 1.54) is 38.2 Å². The number of hydrogen-bond donors (Lipinski definition) is 1. The number of benzene rings is 1. The molecule has 1 aliphatic rings. The number of nitrogens with two attached hydrogens (primary N) is 1. The Hall–Kier alpha value is -0.890. The first-order valence-corrected chi connectivity index (χ1v) is 7.52. The number of hydrogen-bond acceptors (Lipinski definition) is 1. The molecule has 1 aliphatic carbocycles. The van der Waals surface area contributed by atoms with Crippen LogP contribution in [0, 0.1) is 17.2 Å². The van der Waals surface area contributed by atoms with Crippen LogP contribution in [0.4, 0.5) is 4.39 Å². The molecule has 1 nitrogen and oxygen atoms in total. The lowest BCUT2D eigenvalue weighted by molar-refractivity contribution is 0.181. The smallest absolute Gasteiger partial charge is 0.126 e. The predicted octanol–water partition coefficient (Wildman–Crippen LogP) is 4.30. The van der Waals surface area contributed by atoms with Crippen LogP contribution in [0.3, 0.4) is 0 Å². The average Bonchev–Trinajstić information content (AvgIpc) is 2.81. The first kappa shape index (κ1) is 14.5. The van der Waals surface area contributed by atoms with Crippen molar-refractivity contribution in [1.82, 2.24) is 0 Å². The van der Waals surface area contributed by atoms with Crippen molar-refractivity contribution in [2.75, 3.05) is 0 Å². The van der Waals surface area contributed by atoms with E-state index in [-0.39, 0.29) is 17.3 Å². The van der Waals surface area contributed by atoms with Gasteiger partial charge in [-0.2, -0.15) is 0 Å². The maximum atomic E-state index is 13.8. The highest BCUT2D eigenvalue weighted by Crippen LogP contribution is 2.46. The molecule has 2 heteroatoms. The third-order valence-corrected chi connectivity index (χ3v) is 4.60. The van der Waals surface area contributed by atoms with Crippen molar-refractivity contribution in [3.8, 4) is 0 Å². The van der Waals surface area contributed by atoms with Gasteiger partial charge in [0.1, 0.15) is 5.82 Å². The minimum absolute atomic E-state index is 0.0781. The Morgan fingerprint density at radius 2 is 1.84 bits per heavy atom. The topological polar surface area (TPSA) is 26.0 Å². The molecule has 1 aromatic rings. The Morgan fingerprint density at radius 3 is 2.42 bits per heavy atom. The SMILES string of the molecule is CC(C)CC1(C(N)Cc2ccccc2F)CCCC1. The van der Waals surface area contributed by atoms with Crippen LogP contribution < -0.4 is 5.73 Å². The van der Waals surface area contributed by atoms with Crippen LogP contribution in [-0.4, -0.2) is 6.04 Å². The summed E-state index contributed by atoms with van der Waals surface area (Å²) in [7, 11) is 0. The van der Waals surface area contributed by atoms with Gasteiger partial charge in [-0.1, -0.05) is 44.9 Å². The van der Waals surface area contributed by atoms with E-state index in [1.807, 2.05) is 12.1 Å². The number of halogens is 1. The fourth-order valence-corrected chi connectivity index (χ4v) is 3.74. The van der Waals surface area contributed by atoms with Crippen LogP contribution in [0.25, 0.3) is 0 Å². The third-order valence-electron chi connectivity index (χ3n) is 4.60. The Morgan fingerprint density at radius 1 is 1.21 bits per heavy atom. The first-order chi connectivity index (χ1) is 9.03. The van der Waals surface area contributed by atoms with E-state index in [0.717, 1.165) is 5.56 Å². The van der Waals surface area contributed by atoms with Crippen molar-refractivity contribution in [3.63, 3.8) is 0 Å². The molecule has 0 aromatic heterocycles. The van der Waals surface area contributed by atoms with E-state index < -0.39 is 0 Å². The van der Waals surface area contributed by atoms with Crippen molar-refractivity contribution in [2.45, 2.75) is 58.4 Å². The summed E-state index contributed by atoms with van der Waals surface area (Å²) in [6.07, 6.45) is 6.80. The fraction of sp³-hybridized carbons (Fsp3) is 0.647. The summed E-state index contributed by atoms with van der Waals surface area (Å²) >= 11 is 0. The van der Waals surface area contributed by atoms with Gasteiger partial charge in [0.15, 0.2) is 0 Å². The van der Waals surface area contributed by atoms with Crippen LogP contribution in [0.2, 0.25) is 0 Å². The molecule has 0 radical (unpaired) electrons. The average molecular weight is 263 g/mol. The van der Waals surface area contributed by atoms with Gasteiger partial charge in [-0.25, -0.2) is 4.39 Å². The standard InChI is InChI=1S/C17H26FN/c1-13(2)12-17(9-5-6-10-17)16(19)11-14-7-3-4-8-15(14)18/h3-4,7-8,13,16H,5-6,9-12,19H2,1-2H3. The molecular formula is C17H26FN. The van der Waals surface area contributed by atoms with Gasteiger partial charge >= 0.3 is 0 Å². The van der Waals surface area contributed by atoms with Gasteiger partial charge in [0, 0.05) is 6.04 Å². The maximum Gasteiger partial charge on any atom is 0.126 e. The highest BCUT2D eigenvalue weighted by molar-refractivity contribution is 5.19. The second-order valence-electron chi connectivity index (χ2n) is 6.57. The van der Waals surface area contributed by atoms with E-state index >= 15 is 0 Å². The molecule has 0 heterocycles. The lowest BCUT2D eigenvalue weighted by atomic mass is 9.71. The van der Waals surface area contributed by atoms with E-state index in [4.69, 9.17) is 5.73 Å². The zero-order valence-electron chi connectivity index (χ0n) is 12.2. The Kier molecular flexibility index (Phi) is 4.62. The van der Waals surface area contributed by atoms with Crippen LogP contribution >= 0.6 is 0 Å². The molecule has 0 bridgehead atoms. The maximum absolute atomic E-state index is 13.8. The molecule has 2 rings (SSSR count). The molecular weight excluding hydrogens is 237 g/mol. The summed E-state index contributed by atoms with van der Waals surface area (Å²) in [6, 6.07) is 7.12. The second-order valence-corrected chi connectivity index (χ2v) is 6.57. The Bertz CT molecular complexity index is 407. The minimum atomic E-state index is -0.115. The van der Waals surface area contributed by atoms with E-state index in [9.17, 15) is 4.39 Å². The summed E-state index contributed by atoms with van der Waals surface area (Å²) < 4.78 is 13.8. The normalized spacial score (nSPS) is 19.8. The molecule has 0 aliphatic heterocycles. The number of rotatable bonds is 5. The van der Waals surface area contributed by atoms with Crippen molar-refractivity contribution in [1.29, 1.82) is 0 Å². The molecule has 0 saturated heterocycles. The summed E-state index contributed by atoms with van der Waals surface area (Å²) in [6.45, 7) is 4.52. The molecule has 0 amide bonds. The van der Waals surface area contributed by atoms with Gasteiger partial charge in [-0.05, 0) is 48.6 Å². The molecule has 1 saturated carbocycles. The summed E-state index contributed by atoms with van der Waals surface area (Å²) in [5.74, 6) is 0.542. The van der Waals surface area contributed by atoms with Crippen molar-refractivity contribution >= 4 is 0 Å². The minimum Gasteiger partial charge on any atom is -0.327 e. The highest BCUT2D eigenvalue weighted by atomic mass is 19.1. The van der Waals surface area contributed by atoms with E-state index in [2.05, 4.69) is 13.8 Å². The highest BCUT2D eigenvalue weighted by Gasteiger charge is 2.39. The van der Waals surface area contributed by atoms with Gasteiger partial charge in [0.2, 0.25) is 0 Å². The Balaban J connectivity index is 2.12. The Labute approximate surface area is 116 Å². The van der Waals surface area contributed by atoms with Gasteiger partial charge in [-0.3, -0.25) is 0 Å². The van der Waals surface area contributed by atoms with E-state index in [0.29, 0.717) is 12.3 Å². The molecule has 2 N–H and O–H groups in total. The molecule has 106 valence electrons. The summed E-state index contributed by atoms with van der Waals surface area (Å²) in [5, 5.41) is 0. The molecule has 1 aromatic carbocycles. The van der Waals surface area contributed by atoms with Crippen molar-refractivity contribution < 1.29 is 4.39 Å². The quantitative estimate of drug-likeness (QED) is 0.842. The fourth-order valence-electron chi connectivity index (χ4n) is 3.74. The molecule has 1 atom stereocenters. The van der Waals surface area contributed by atoms with Crippen LogP contribution in [0.15, 0.2) is 24.3 Å².